The van der Waals surface area contributed by atoms with Crippen LogP contribution in [0.5, 0.6) is 0 Å². The standard InChI is InChI=1S/C13H27N3O2/c1-6-13(7-2,11(14)15-18)12(17)16(8-3)9-10(4)5/h10,18H,6-9H2,1-5H3,(H2,14,15). The molecule has 0 heterocycles. The van der Waals surface area contributed by atoms with E-state index in [-0.39, 0.29) is 11.7 Å². The molecule has 0 bridgehead atoms. The number of rotatable bonds is 7. The summed E-state index contributed by atoms with van der Waals surface area (Å²) < 4.78 is 0. The van der Waals surface area contributed by atoms with Gasteiger partial charge < -0.3 is 15.8 Å². The number of carbonyl (C=O) groups is 1. The highest BCUT2D eigenvalue weighted by Crippen LogP contribution is 2.29. The van der Waals surface area contributed by atoms with Crippen molar-refractivity contribution in [2.75, 3.05) is 13.1 Å². The van der Waals surface area contributed by atoms with E-state index in [0.29, 0.717) is 31.8 Å². The molecular weight excluding hydrogens is 230 g/mol. The highest BCUT2D eigenvalue weighted by atomic mass is 16.4. The quantitative estimate of drug-likeness (QED) is 0.317. The van der Waals surface area contributed by atoms with Crippen molar-refractivity contribution in [2.24, 2.45) is 22.2 Å². The Hall–Kier alpha value is -1.26. The molecule has 0 aliphatic carbocycles. The normalized spacial score (nSPS) is 12.9. The molecule has 0 atom stereocenters. The van der Waals surface area contributed by atoms with E-state index in [4.69, 9.17) is 10.9 Å². The molecule has 3 N–H and O–H groups in total. The molecule has 5 nitrogen and oxygen atoms in total. The average molecular weight is 257 g/mol. The number of hydrogen-bond donors (Lipinski definition) is 2. The fourth-order valence-electron chi connectivity index (χ4n) is 2.22. The van der Waals surface area contributed by atoms with Crippen molar-refractivity contribution in [2.45, 2.75) is 47.5 Å². The lowest BCUT2D eigenvalue weighted by atomic mass is 9.79. The van der Waals surface area contributed by atoms with Crippen LogP contribution in [0.2, 0.25) is 0 Å². The predicted molar refractivity (Wildman–Crippen MR) is 73.5 cm³/mol. The van der Waals surface area contributed by atoms with Gasteiger partial charge in [-0.15, -0.1) is 0 Å². The van der Waals surface area contributed by atoms with Gasteiger partial charge in [0.1, 0.15) is 5.41 Å². The molecule has 1 amide bonds. The van der Waals surface area contributed by atoms with Gasteiger partial charge in [0.05, 0.1) is 0 Å². The summed E-state index contributed by atoms with van der Waals surface area (Å²) >= 11 is 0. The second-order valence-electron chi connectivity index (χ2n) is 5.01. The van der Waals surface area contributed by atoms with Gasteiger partial charge in [-0.3, -0.25) is 4.79 Å². The third-order valence-electron chi connectivity index (χ3n) is 3.47. The van der Waals surface area contributed by atoms with E-state index in [0.717, 1.165) is 0 Å². The van der Waals surface area contributed by atoms with Crippen molar-refractivity contribution in [1.29, 1.82) is 0 Å². The fourth-order valence-corrected chi connectivity index (χ4v) is 2.22. The number of carbonyl (C=O) groups excluding carboxylic acids is 1. The summed E-state index contributed by atoms with van der Waals surface area (Å²) in [6.07, 6.45) is 1.07. The average Bonchev–Trinajstić information content (AvgIpc) is 2.37. The molecule has 0 saturated carbocycles. The number of nitrogens with zero attached hydrogens (tertiary/aromatic N) is 2. The van der Waals surface area contributed by atoms with E-state index < -0.39 is 5.41 Å². The molecule has 18 heavy (non-hydrogen) atoms. The second kappa shape index (κ2) is 7.24. The van der Waals surface area contributed by atoms with Gasteiger partial charge in [-0.25, -0.2) is 0 Å². The maximum atomic E-state index is 12.6. The zero-order valence-electron chi connectivity index (χ0n) is 12.2. The molecule has 0 unspecified atom stereocenters. The summed E-state index contributed by atoms with van der Waals surface area (Å²) in [5.41, 5.74) is 4.87. The van der Waals surface area contributed by atoms with E-state index >= 15 is 0 Å². The monoisotopic (exact) mass is 257 g/mol. The van der Waals surface area contributed by atoms with Crippen LogP contribution >= 0.6 is 0 Å². The van der Waals surface area contributed by atoms with Gasteiger partial charge in [-0.2, -0.15) is 0 Å². The van der Waals surface area contributed by atoms with Crippen LogP contribution in [-0.2, 0) is 4.79 Å². The molecule has 0 aliphatic rings. The molecule has 0 aliphatic heterocycles. The van der Waals surface area contributed by atoms with Crippen molar-refractivity contribution < 1.29 is 10.0 Å². The Morgan fingerprint density at radius 2 is 1.83 bits per heavy atom. The Morgan fingerprint density at radius 3 is 2.11 bits per heavy atom. The third kappa shape index (κ3) is 3.37. The third-order valence-corrected chi connectivity index (χ3v) is 3.47. The molecule has 0 radical (unpaired) electrons. The molecule has 0 fully saturated rings. The SMILES string of the molecule is CCN(CC(C)C)C(=O)C(CC)(CC)C(N)=NO. The molecule has 0 aromatic carbocycles. The minimum atomic E-state index is -0.875. The molecule has 106 valence electrons. The summed E-state index contributed by atoms with van der Waals surface area (Å²) in [5.74, 6) is 0.367. The number of amides is 1. The summed E-state index contributed by atoms with van der Waals surface area (Å²) in [7, 11) is 0. The number of hydrogen-bond acceptors (Lipinski definition) is 3. The van der Waals surface area contributed by atoms with Crippen LogP contribution in [0.4, 0.5) is 0 Å². The van der Waals surface area contributed by atoms with Crippen LogP contribution < -0.4 is 5.73 Å². The van der Waals surface area contributed by atoms with Crippen molar-refractivity contribution in [3.05, 3.63) is 0 Å². The van der Waals surface area contributed by atoms with Gasteiger partial charge in [-0.05, 0) is 25.7 Å². The molecule has 0 spiro atoms. The highest BCUT2D eigenvalue weighted by Gasteiger charge is 2.42. The lowest BCUT2D eigenvalue weighted by Crippen LogP contribution is -2.51. The van der Waals surface area contributed by atoms with Crippen molar-refractivity contribution >= 4 is 11.7 Å². The predicted octanol–water partition coefficient (Wildman–Crippen LogP) is 2.04. The lowest BCUT2D eigenvalue weighted by Gasteiger charge is -2.35. The Balaban J connectivity index is 5.30. The zero-order chi connectivity index (χ0) is 14.3. The Labute approximate surface area is 110 Å². The van der Waals surface area contributed by atoms with E-state index in [1.807, 2.05) is 20.8 Å². The first-order valence-electron chi connectivity index (χ1n) is 6.66. The Kier molecular flexibility index (Phi) is 6.73. The molecule has 0 rings (SSSR count). The van der Waals surface area contributed by atoms with Crippen molar-refractivity contribution in [3.8, 4) is 0 Å². The summed E-state index contributed by atoms with van der Waals surface area (Å²) in [4.78, 5) is 14.4. The molecule has 5 heteroatoms. The zero-order valence-corrected chi connectivity index (χ0v) is 12.2. The van der Waals surface area contributed by atoms with Crippen molar-refractivity contribution in [3.63, 3.8) is 0 Å². The van der Waals surface area contributed by atoms with E-state index in [2.05, 4.69) is 19.0 Å². The van der Waals surface area contributed by atoms with Gasteiger partial charge in [0, 0.05) is 13.1 Å². The topological polar surface area (TPSA) is 78.9 Å². The van der Waals surface area contributed by atoms with Crippen molar-refractivity contribution in [1.82, 2.24) is 4.90 Å². The minimum Gasteiger partial charge on any atom is -0.409 e. The highest BCUT2D eigenvalue weighted by molar-refractivity contribution is 6.06. The van der Waals surface area contributed by atoms with E-state index in [1.54, 1.807) is 4.90 Å². The van der Waals surface area contributed by atoms with Crippen LogP contribution in [0.3, 0.4) is 0 Å². The maximum Gasteiger partial charge on any atom is 0.236 e. The van der Waals surface area contributed by atoms with Gasteiger partial charge in [-0.1, -0.05) is 32.9 Å². The maximum absolute atomic E-state index is 12.6. The van der Waals surface area contributed by atoms with Crippen LogP contribution in [0.1, 0.15) is 47.5 Å². The molecular formula is C13H27N3O2. The van der Waals surface area contributed by atoms with Crippen LogP contribution in [0, 0.1) is 11.3 Å². The van der Waals surface area contributed by atoms with E-state index in [9.17, 15) is 4.79 Å². The van der Waals surface area contributed by atoms with Gasteiger partial charge in [0.25, 0.3) is 0 Å². The number of nitrogens with two attached hydrogens (primary N) is 1. The first-order valence-corrected chi connectivity index (χ1v) is 6.66. The summed E-state index contributed by atoms with van der Waals surface area (Å²) in [6, 6.07) is 0. The van der Waals surface area contributed by atoms with Gasteiger partial charge >= 0.3 is 0 Å². The van der Waals surface area contributed by atoms with Gasteiger partial charge in [0.2, 0.25) is 5.91 Å². The van der Waals surface area contributed by atoms with Crippen LogP contribution in [-0.4, -0.2) is 34.9 Å². The summed E-state index contributed by atoms with van der Waals surface area (Å²) in [5, 5.41) is 12.0. The fraction of sp³-hybridized carbons (Fsp3) is 0.846. The summed E-state index contributed by atoms with van der Waals surface area (Å²) in [6.45, 7) is 11.2. The first kappa shape index (κ1) is 16.7. The first-order chi connectivity index (χ1) is 8.39. The molecule has 0 saturated heterocycles. The minimum absolute atomic E-state index is 0.0136. The van der Waals surface area contributed by atoms with Gasteiger partial charge in [0.15, 0.2) is 5.84 Å². The van der Waals surface area contributed by atoms with Crippen LogP contribution in [0.25, 0.3) is 0 Å². The molecule has 0 aromatic heterocycles. The second-order valence-corrected chi connectivity index (χ2v) is 5.01. The number of oxime groups is 1. The lowest BCUT2D eigenvalue weighted by molar-refractivity contribution is -0.139. The number of amidine groups is 1. The van der Waals surface area contributed by atoms with E-state index in [1.165, 1.54) is 0 Å². The Morgan fingerprint density at radius 1 is 1.33 bits per heavy atom. The largest absolute Gasteiger partial charge is 0.409 e. The molecule has 0 aromatic rings. The smallest absolute Gasteiger partial charge is 0.236 e. The van der Waals surface area contributed by atoms with Crippen LogP contribution in [0.15, 0.2) is 5.16 Å². The Bertz CT molecular complexity index is 297.